The van der Waals surface area contributed by atoms with Crippen LogP contribution in [0.1, 0.15) is 16.7 Å². The Kier molecular flexibility index (Phi) is 11.5. The van der Waals surface area contributed by atoms with Crippen LogP contribution in [-0.4, -0.2) is 40.0 Å². The SMILES string of the molecule is CN=C(NCc1ccc(COCC(F)(F)F)cc1)NCc1ccc(OC)c(OC)c1.I. The van der Waals surface area contributed by atoms with E-state index in [1.165, 1.54) is 0 Å². The molecule has 0 radical (unpaired) electrons. The molecular formula is C21H27F3IN3O3. The minimum atomic E-state index is -4.32. The summed E-state index contributed by atoms with van der Waals surface area (Å²) < 4.78 is 51.5. The summed E-state index contributed by atoms with van der Waals surface area (Å²) in [5.74, 6) is 1.93. The van der Waals surface area contributed by atoms with Gasteiger partial charge in [-0.3, -0.25) is 4.99 Å². The van der Waals surface area contributed by atoms with E-state index in [2.05, 4.69) is 20.4 Å². The molecule has 2 rings (SSSR count). The van der Waals surface area contributed by atoms with E-state index in [1.807, 2.05) is 30.3 Å². The number of ether oxygens (including phenoxy) is 3. The average Bonchev–Trinajstić information content (AvgIpc) is 2.73. The second-order valence-corrected chi connectivity index (χ2v) is 6.39. The predicted molar refractivity (Wildman–Crippen MR) is 124 cm³/mol. The van der Waals surface area contributed by atoms with Crippen molar-refractivity contribution in [2.24, 2.45) is 4.99 Å². The Labute approximate surface area is 197 Å². The van der Waals surface area contributed by atoms with Crippen molar-refractivity contribution in [3.8, 4) is 11.5 Å². The largest absolute Gasteiger partial charge is 0.493 e. The highest BCUT2D eigenvalue weighted by Gasteiger charge is 2.27. The van der Waals surface area contributed by atoms with E-state index in [4.69, 9.17) is 9.47 Å². The van der Waals surface area contributed by atoms with Gasteiger partial charge in [0.25, 0.3) is 0 Å². The summed E-state index contributed by atoms with van der Waals surface area (Å²) in [4.78, 5) is 4.19. The second-order valence-electron chi connectivity index (χ2n) is 6.39. The minimum absolute atomic E-state index is 0. The van der Waals surface area contributed by atoms with Gasteiger partial charge in [-0.05, 0) is 28.8 Å². The maximum absolute atomic E-state index is 12.1. The van der Waals surface area contributed by atoms with Gasteiger partial charge in [0.15, 0.2) is 17.5 Å². The highest BCUT2D eigenvalue weighted by atomic mass is 127. The molecule has 10 heteroatoms. The van der Waals surface area contributed by atoms with Gasteiger partial charge in [-0.1, -0.05) is 30.3 Å². The van der Waals surface area contributed by atoms with Crippen LogP contribution >= 0.6 is 24.0 Å². The normalized spacial score (nSPS) is 11.5. The van der Waals surface area contributed by atoms with Crippen molar-refractivity contribution in [3.05, 3.63) is 59.2 Å². The van der Waals surface area contributed by atoms with Crippen molar-refractivity contribution in [3.63, 3.8) is 0 Å². The van der Waals surface area contributed by atoms with Gasteiger partial charge in [0.2, 0.25) is 0 Å². The van der Waals surface area contributed by atoms with Crippen LogP contribution < -0.4 is 20.1 Å². The summed E-state index contributed by atoms with van der Waals surface area (Å²) in [5.41, 5.74) is 2.64. The molecule has 0 aliphatic heterocycles. The molecule has 0 amide bonds. The van der Waals surface area contributed by atoms with Crippen LogP contribution in [0.5, 0.6) is 11.5 Å². The first-order chi connectivity index (χ1) is 14.3. The highest BCUT2D eigenvalue weighted by Crippen LogP contribution is 2.27. The standard InChI is InChI=1S/C21H26F3N3O3.HI/c1-25-20(27-12-17-8-9-18(28-2)19(10-17)29-3)26-11-15-4-6-16(7-5-15)13-30-14-21(22,23)24;/h4-10H,11-14H2,1-3H3,(H2,25,26,27);1H. The maximum atomic E-state index is 12.1. The zero-order valence-electron chi connectivity index (χ0n) is 17.6. The molecule has 0 aliphatic rings. The summed E-state index contributed by atoms with van der Waals surface area (Å²) in [6, 6.07) is 12.8. The number of rotatable bonds is 9. The van der Waals surface area contributed by atoms with Crippen LogP contribution in [0.25, 0.3) is 0 Å². The quantitative estimate of drug-likeness (QED) is 0.276. The van der Waals surface area contributed by atoms with Gasteiger partial charge in [0.05, 0.1) is 20.8 Å². The summed E-state index contributed by atoms with van der Waals surface area (Å²) >= 11 is 0. The fourth-order valence-corrected chi connectivity index (χ4v) is 2.62. The van der Waals surface area contributed by atoms with Gasteiger partial charge < -0.3 is 24.8 Å². The molecule has 0 heterocycles. The Morgan fingerprint density at radius 1 is 0.871 bits per heavy atom. The number of methoxy groups -OCH3 is 2. The molecule has 0 saturated carbocycles. The Morgan fingerprint density at radius 2 is 1.42 bits per heavy atom. The van der Waals surface area contributed by atoms with Gasteiger partial charge in [-0.2, -0.15) is 13.2 Å². The monoisotopic (exact) mass is 553 g/mol. The molecule has 31 heavy (non-hydrogen) atoms. The Balaban J connectivity index is 0.00000480. The zero-order chi connectivity index (χ0) is 22.0. The number of guanidine groups is 1. The molecule has 0 aliphatic carbocycles. The van der Waals surface area contributed by atoms with Gasteiger partial charge in [-0.25, -0.2) is 0 Å². The number of nitrogens with zero attached hydrogens (tertiary/aromatic N) is 1. The molecule has 0 spiro atoms. The second kappa shape index (κ2) is 13.3. The van der Waals surface area contributed by atoms with Gasteiger partial charge in [0.1, 0.15) is 6.61 Å². The number of halogens is 4. The van der Waals surface area contributed by atoms with Crippen molar-refractivity contribution >= 4 is 29.9 Å². The summed E-state index contributed by atoms with van der Waals surface area (Å²) in [6.45, 7) is -0.287. The highest BCUT2D eigenvalue weighted by molar-refractivity contribution is 14.0. The van der Waals surface area contributed by atoms with Gasteiger partial charge >= 0.3 is 6.18 Å². The van der Waals surface area contributed by atoms with Gasteiger partial charge in [-0.15, -0.1) is 24.0 Å². The molecule has 0 aromatic heterocycles. The molecule has 172 valence electrons. The molecular weight excluding hydrogens is 526 g/mol. The van der Waals surface area contributed by atoms with E-state index >= 15 is 0 Å². The third kappa shape index (κ3) is 9.64. The molecule has 0 unspecified atom stereocenters. The lowest BCUT2D eigenvalue weighted by atomic mass is 10.1. The topological polar surface area (TPSA) is 64.1 Å². The first-order valence-electron chi connectivity index (χ1n) is 9.22. The molecule has 0 atom stereocenters. The third-order valence-corrected chi connectivity index (χ3v) is 4.15. The Bertz CT molecular complexity index is 831. The van der Waals surface area contributed by atoms with Crippen LogP contribution in [0.15, 0.2) is 47.5 Å². The van der Waals surface area contributed by atoms with Crippen LogP contribution in [0.2, 0.25) is 0 Å². The van der Waals surface area contributed by atoms with E-state index in [-0.39, 0.29) is 30.6 Å². The minimum Gasteiger partial charge on any atom is -0.493 e. The van der Waals surface area contributed by atoms with Crippen molar-refractivity contribution in [1.29, 1.82) is 0 Å². The molecule has 0 bridgehead atoms. The van der Waals surface area contributed by atoms with Crippen molar-refractivity contribution in [1.82, 2.24) is 10.6 Å². The summed E-state index contributed by atoms with van der Waals surface area (Å²) in [6.07, 6.45) is -4.32. The predicted octanol–water partition coefficient (Wildman–Crippen LogP) is 4.27. The van der Waals surface area contributed by atoms with E-state index in [1.54, 1.807) is 33.4 Å². The number of hydrogen-bond acceptors (Lipinski definition) is 4. The number of alkyl halides is 3. The van der Waals surface area contributed by atoms with Crippen molar-refractivity contribution < 1.29 is 27.4 Å². The van der Waals surface area contributed by atoms with Crippen molar-refractivity contribution in [2.45, 2.75) is 25.9 Å². The number of hydrogen-bond donors (Lipinski definition) is 2. The lowest BCUT2D eigenvalue weighted by Gasteiger charge is -2.14. The van der Waals surface area contributed by atoms with Crippen LogP contribution in [0.4, 0.5) is 13.2 Å². The lowest BCUT2D eigenvalue weighted by molar-refractivity contribution is -0.176. The smallest absolute Gasteiger partial charge is 0.411 e. The van der Waals surface area contributed by atoms with Crippen LogP contribution in [0.3, 0.4) is 0 Å². The number of nitrogens with one attached hydrogen (secondary N) is 2. The summed E-state index contributed by atoms with van der Waals surface area (Å²) in [7, 11) is 4.85. The Hall–Kier alpha value is -2.21. The van der Waals surface area contributed by atoms with Crippen LogP contribution in [-0.2, 0) is 24.4 Å². The van der Waals surface area contributed by atoms with E-state index in [9.17, 15) is 13.2 Å². The molecule has 2 aromatic rings. The molecule has 2 N–H and O–H groups in total. The fourth-order valence-electron chi connectivity index (χ4n) is 2.62. The Morgan fingerprint density at radius 3 is 1.97 bits per heavy atom. The molecule has 6 nitrogen and oxygen atoms in total. The first kappa shape index (κ1) is 26.8. The lowest BCUT2D eigenvalue weighted by Crippen LogP contribution is -2.36. The first-order valence-corrected chi connectivity index (χ1v) is 9.22. The molecule has 2 aromatic carbocycles. The molecule has 0 saturated heterocycles. The summed E-state index contributed by atoms with van der Waals surface area (Å²) in [5, 5.41) is 6.41. The van der Waals surface area contributed by atoms with E-state index in [0.29, 0.717) is 36.1 Å². The average molecular weight is 553 g/mol. The fraction of sp³-hybridized carbons (Fsp3) is 0.381. The van der Waals surface area contributed by atoms with Gasteiger partial charge in [0, 0.05) is 20.1 Å². The maximum Gasteiger partial charge on any atom is 0.411 e. The molecule has 0 fully saturated rings. The van der Waals surface area contributed by atoms with E-state index in [0.717, 1.165) is 11.1 Å². The van der Waals surface area contributed by atoms with Crippen LogP contribution in [0, 0.1) is 0 Å². The number of benzene rings is 2. The number of aliphatic imine (C=N–C) groups is 1. The third-order valence-electron chi connectivity index (χ3n) is 4.15. The van der Waals surface area contributed by atoms with Crippen molar-refractivity contribution in [2.75, 3.05) is 27.9 Å². The van der Waals surface area contributed by atoms with E-state index < -0.39 is 12.8 Å². The zero-order valence-corrected chi connectivity index (χ0v) is 19.9.